The van der Waals surface area contributed by atoms with Crippen molar-refractivity contribution in [3.8, 4) is 0 Å². The summed E-state index contributed by atoms with van der Waals surface area (Å²) in [6.45, 7) is -0.0761. The number of nitrogens with zero attached hydrogens (tertiary/aromatic N) is 2. The maximum absolute atomic E-state index is 12.5. The highest BCUT2D eigenvalue weighted by Gasteiger charge is 2.35. The number of imide groups is 1. The maximum Gasteiger partial charge on any atom is 0.293 e. The van der Waals surface area contributed by atoms with Gasteiger partial charge in [-0.15, -0.1) is 0 Å². The van der Waals surface area contributed by atoms with Crippen LogP contribution in [0.2, 0.25) is 0 Å². The van der Waals surface area contributed by atoms with Crippen LogP contribution in [0.5, 0.6) is 0 Å². The summed E-state index contributed by atoms with van der Waals surface area (Å²) >= 11 is 0.753. The van der Waals surface area contributed by atoms with Gasteiger partial charge in [-0.05, 0) is 34.5 Å². The lowest BCUT2D eigenvalue weighted by molar-refractivity contribution is -0.384. The molecule has 1 heterocycles. The van der Waals surface area contributed by atoms with Crippen LogP contribution >= 0.6 is 11.8 Å². The largest absolute Gasteiger partial charge is 0.545 e. The molecule has 1 aliphatic rings. The second-order valence-electron chi connectivity index (χ2n) is 5.60. The molecule has 9 heteroatoms. The molecule has 0 aromatic heterocycles. The number of hydrogen-bond acceptors (Lipinski definition) is 7. The molecule has 0 bridgehead atoms. The number of rotatable bonds is 5. The van der Waals surface area contributed by atoms with E-state index < -0.39 is 22.0 Å². The van der Waals surface area contributed by atoms with Crippen LogP contribution in [0.25, 0.3) is 6.08 Å². The van der Waals surface area contributed by atoms with E-state index >= 15 is 0 Å². The Morgan fingerprint density at radius 2 is 1.85 bits per heavy atom. The van der Waals surface area contributed by atoms with Crippen molar-refractivity contribution in [3.63, 3.8) is 0 Å². The van der Waals surface area contributed by atoms with Gasteiger partial charge in [-0.1, -0.05) is 36.4 Å². The Kier molecular flexibility index (Phi) is 5.04. The van der Waals surface area contributed by atoms with Gasteiger partial charge in [-0.3, -0.25) is 24.6 Å². The minimum Gasteiger partial charge on any atom is -0.545 e. The summed E-state index contributed by atoms with van der Waals surface area (Å²) in [5.74, 6) is -1.82. The first-order chi connectivity index (χ1) is 12.8. The summed E-state index contributed by atoms with van der Waals surface area (Å²) < 4.78 is 0. The van der Waals surface area contributed by atoms with Crippen molar-refractivity contribution in [3.05, 3.63) is 80.2 Å². The molecule has 0 N–H and O–H groups in total. The summed E-state index contributed by atoms with van der Waals surface area (Å²) in [7, 11) is 0. The number of thioether (sulfide) groups is 1. The SMILES string of the molecule is O=C([O-])c1ccc(/C=C2/SC(=O)N(Cc3cccc([N+](=O)[O-])c3)C2=O)cc1. The molecule has 136 valence electrons. The average molecular weight is 383 g/mol. The number of non-ortho nitro benzene ring substituents is 1. The molecule has 0 unspecified atom stereocenters. The van der Waals surface area contributed by atoms with Gasteiger partial charge in [-0.25, -0.2) is 0 Å². The van der Waals surface area contributed by atoms with Crippen LogP contribution in [0.1, 0.15) is 21.5 Å². The summed E-state index contributed by atoms with van der Waals surface area (Å²) in [6.07, 6.45) is 1.48. The standard InChI is InChI=1S/C18H12N2O6S/c21-16-15(9-11-4-6-13(7-5-11)17(22)23)27-18(24)19(16)10-12-2-1-3-14(8-12)20(25)26/h1-9H,10H2,(H,22,23)/p-1/b15-9+. The number of aromatic carboxylic acids is 1. The molecule has 8 nitrogen and oxygen atoms in total. The molecule has 0 spiro atoms. The summed E-state index contributed by atoms with van der Waals surface area (Å²) in [5, 5.41) is 21.1. The number of hydrogen-bond donors (Lipinski definition) is 0. The van der Waals surface area contributed by atoms with Gasteiger partial charge < -0.3 is 9.90 Å². The predicted molar refractivity (Wildman–Crippen MR) is 95.4 cm³/mol. The lowest BCUT2D eigenvalue weighted by Gasteiger charge is -2.12. The molecule has 2 aromatic rings. The van der Waals surface area contributed by atoms with Gasteiger partial charge in [0.2, 0.25) is 0 Å². The van der Waals surface area contributed by atoms with Crippen molar-refractivity contribution in [1.29, 1.82) is 0 Å². The third-order valence-corrected chi connectivity index (χ3v) is 4.69. The number of carboxylic acid groups (broad SMARTS) is 1. The van der Waals surface area contributed by atoms with Crippen LogP contribution in [0.4, 0.5) is 10.5 Å². The minimum absolute atomic E-state index is 0.00549. The van der Waals surface area contributed by atoms with E-state index in [9.17, 15) is 29.6 Å². The maximum atomic E-state index is 12.5. The monoisotopic (exact) mass is 383 g/mol. The molecular formula is C18H11N2O6S-. The Hall–Kier alpha value is -3.46. The Morgan fingerprint density at radius 3 is 2.48 bits per heavy atom. The molecule has 0 aliphatic carbocycles. The zero-order valence-corrected chi connectivity index (χ0v) is 14.5. The quantitative estimate of drug-likeness (QED) is 0.441. The Bertz CT molecular complexity index is 984. The van der Waals surface area contributed by atoms with E-state index in [1.54, 1.807) is 6.07 Å². The van der Waals surface area contributed by atoms with Crippen LogP contribution in [0, 0.1) is 10.1 Å². The van der Waals surface area contributed by atoms with Crippen molar-refractivity contribution in [2.75, 3.05) is 0 Å². The third-order valence-electron chi connectivity index (χ3n) is 3.78. The number of benzene rings is 2. The number of carbonyl (C=O) groups is 3. The fourth-order valence-corrected chi connectivity index (χ4v) is 3.29. The number of amides is 2. The molecule has 2 amide bonds. The van der Waals surface area contributed by atoms with Crippen LogP contribution in [-0.4, -0.2) is 26.9 Å². The van der Waals surface area contributed by atoms with Crippen molar-refractivity contribution in [2.24, 2.45) is 0 Å². The predicted octanol–water partition coefficient (Wildman–Crippen LogP) is 2.19. The van der Waals surface area contributed by atoms with E-state index in [4.69, 9.17) is 0 Å². The van der Waals surface area contributed by atoms with Gasteiger partial charge in [0.1, 0.15) is 0 Å². The molecule has 0 atom stereocenters. The van der Waals surface area contributed by atoms with Crippen LogP contribution in [0.15, 0.2) is 53.4 Å². The Balaban J connectivity index is 1.79. The molecule has 1 fully saturated rings. The van der Waals surface area contributed by atoms with Crippen molar-refractivity contribution in [2.45, 2.75) is 6.54 Å². The molecule has 3 rings (SSSR count). The van der Waals surface area contributed by atoms with E-state index in [-0.39, 0.29) is 22.7 Å². The zero-order valence-electron chi connectivity index (χ0n) is 13.7. The Labute approximate surface area is 157 Å². The fraction of sp³-hybridized carbons (Fsp3) is 0.0556. The van der Waals surface area contributed by atoms with E-state index in [0.29, 0.717) is 11.1 Å². The molecule has 27 heavy (non-hydrogen) atoms. The normalized spacial score (nSPS) is 15.4. The van der Waals surface area contributed by atoms with Gasteiger partial charge in [0.05, 0.1) is 22.3 Å². The van der Waals surface area contributed by atoms with Crippen molar-refractivity contribution in [1.82, 2.24) is 4.90 Å². The third kappa shape index (κ3) is 4.04. The number of carbonyl (C=O) groups excluding carboxylic acids is 3. The fourth-order valence-electron chi connectivity index (χ4n) is 2.45. The van der Waals surface area contributed by atoms with Gasteiger partial charge >= 0.3 is 0 Å². The molecule has 2 aromatic carbocycles. The van der Waals surface area contributed by atoms with Crippen molar-refractivity contribution < 1.29 is 24.4 Å². The van der Waals surface area contributed by atoms with E-state index in [0.717, 1.165) is 16.7 Å². The molecule has 1 aliphatic heterocycles. The lowest BCUT2D eigenvalue weighted by Crippen LogP contribution is -2.27. The van der Waals surface area contributed by atoms with E-state index in [2.05, 4.69) is 0 Å². The smallest absolute Gasteiger partial charge is 0.293 e. The lowest BCUT2D eigenvalue weighted by atomic mass is 10.1. The van der Waals surface area contributed by atoms with Gasteiger partial charge in [0.15, 0.2) is 0 Å². The van der Waals surface area contributed by atoms with Gasteiger partial charge in [0.25, 0.3) is 16.8 Å². The summed E-state index contributed by atoms with van der Waals surface area (Å²) in [6, 6.07) is 11.4. The van der Waals surface area contributed by atoms with Crippen LogP contribution in [-0.2, 0) is 11.3 Å². The molecular weight excluding hydrogens is 372 g/mol. The zero-order chi connectivity index (χ0) is 19.6. The highest BCUT2D eigenvalue weighted by molar-refractivity contribution is 8.18. The van der Waals surface area contributed by atoms with Gasteiger partial charge in [-0.2, -0.15) is 0 Å². The number of nitro benzene ring substituents is 1. The average Bonchev–Trinajstić information content (AvgIpc) is 2.90. The van der Waals surface area contributed by atoms with E-state index in [1.807, 2.05) is 0 Å². The molecule has 1 saturated heterocycles. The van der Waals surface area contributed by atoms with E-state index in [1.165, 1.54) is 48.5 Å². The summed E-state index contributed by atoms with van der Waals surface area (Å²) in [4.78, 5) is 46.9. The van der Waals surface area contributed by atoms with Gasteiger partial charge in [0, 0.05) is 12.1 Å². The highest BCUT2D eigenvalue weighted by Crippen LogP contribution is 2.33. The first-order valence-corrected chi connectivity index (χ1v) is 8.47. The summed E-state index contributed by atoms with van der Waals surface area (Å²) in [5.41, 5.74) is 0.904. The van der Waals surface area contributed by atoms with Crippen LogP contribution < -0.4 is 5.11 Å². The first kappa shape index (κ1) is 18.3. The minimum atomic E-state index is -1.31. The topological polar surface area (TPSA) is 121 Å². The first-order valence-electron chi connectivity index (χ1n) is 7.65. The second-order valence-corrected chi connectivity index (χ2v) is 6.60. The molecule has 0 radical (unpaired) electrons. The molecule has 0 saturated carbocycles. The number of nitro groups is 1. The van der Waals surface area contributed by atoms with Crippen LogP contribution in [0.3, 0.4) is 0 Å². The highest BCUT2D eigenvalue weighted by atomic mass is 32.2. The number of carboxylic acids is 1. The van der Waals surface area contributed by atoms with Crippen molar-refractivity contribution >= 4 is 40.6 Å². The Morgan fingerprint density at radius 1 is 1.15 bits per heavy atom. The second kappa shape index (κ2) is 7.42.